The predicted octanol–water partition coefficient (Wildman–Crippen LogP) is 1.91. The molecule has 0 atom stereocenters. The number of rotatable bonds is 7. The summed E-state index contributed by atoms with van der Waals surface area (Å²) in [5.41, 5.74) is 2.87. The number of fused-ring (bicyclic) bond motifs is 1. The van der Waals surface area contributed by atoms with Gasteiger partial charge in [-0.15, -0.1) is 11.3 Å². The van der Waals surface area contributed by atoms with Gasteiger partial charge in [0.25, 0.3) is 0 Å². The number of hydrogen-bond donors (Lipinski definition) is 2. The van der Waals surface area contributed by atoms with E-state index in [1.807, 2.05) is 40.2 Å². The van der Waals surface area contributed by atoms with Crippen LogP contribution in [-0.4, -0.2) is 42.5 Å². The average Bonchev–Trinajstić information content (AvgIpc) is 3.14. The maximum absolute atomic E-state index is 12.2. The first-order chi connectivity index (χ1) is 12.0. The molecule has 0 unspecified atom stereocenters. The van der Waals surface area contributed by atoms with Crippen LogP contribution in [0.1, 0.15) is 12.1 Å². The molecule has 2 aromatic heterocycles. The number of thiazole rings is 1. The van der Waals surface area contributed by atoms with Crippen molar-refractivity contribution in [3.05, 3.63) is 46.6 Å². The molecule has 7 heteroatoms. The van der Waals surface area contributed by atoms with Crippen LogP contribution in [-0.2, 0) is 11.2 Å². The van der Waals surface area contributed by atoms with E-state index in [2.05, 4.69) is 24.4 Å². The second-order valence-corrected chi connectivity index (χ2v) is 7.62. The number of halogens is 1. The molecule has 3 aromatic rings. The Balaban J connectivity index is 1.66. The van der Waals surface area contributed by atoms with Crippen LogP contribution in [0, 0.1) is 0 Å². The first kappa shape index (κ1) is 17.9. The van der Waals surface area contributed by atoms with Crippen molar-refractivity contribution in [2.24, 2.45) is 0 Å². The summed E-state index contributed by atoms with van der Waals surface area (Å²) in [5.74, 6) is 0.0511. The molecule has 0 fully saturated rings. The lowest BCUT2D eigenvalue weighted by atomic mass is 10.2. The fourth-order valence-electron chi connectivity index (χ4n) is 2.61. The van der Waals surface area contributed by atoms with Gasteiger partial charge >= 0.3 is 0 Å². The Morgan fingerprint density at radius 2 is 2.08 bits per heavy atom. The summed E-state index contributed by atoms with van der Waals surface area (Å²) in [5, 5.41) is 5.69. The van der Waals surface area contributed by atoms with Gasteiger partial charge in [-0.1, -0.05) is 23.7 Å². The van der Waals surface area contributed by atoms with Crippen molar-refractivity contribution in [3.8, 4) is 11.3 Å². The molecule has 132 valence electrons. The average molecular weight is 378 g/mol. The molecule has 0 aliphatic heterocycles. The summed E-state index contributed by atoms with van der Waals surface area (Å²) in [6, 6.07) is 7.62. The largest absolute Gasteiger partial charge is 0.356 e. The minimum atomic E-state index is 0.0511. The SMILES string of the molecule is C[NH+](C)CCCNC(=O)Cc1csc2nc(-c3ccc(Cl)cc3)cn12. The van der Waals surface area contributed by atoms with Crippen LogP contribution in [0.4, 0.5) is 0 Å². The van der Waals surface area contributed by atoms with Crippen molar-refractivity contribution in [2.75, 3.05) is 27.2 Å². The second-order valence-electron chi connectivity index (χ2n) is 6.35. The van der Waals surface area contributed by atoms with Crippen LogP contribution in [0.15, 0.2) is 35.8 Å². The fraction of sp³-hybridized carbons (Fsp3) is 0.333. The molecule has 0 saturated heterocycles. The zero-order valence-electron chi connectivity index (χ0n) is 14.4. The van der Waals surface area contributed by atoms with Crippen molar-refractivity contribution in [1.82, 2.24) is 14.7 Å². The molecule has 0 radical (unpaired) electrons. The lowest BCUT2D eigenvalue weighted by Crippen LogP contribution is -3.05. The smallest absolute Gasteiger partial charge is 0.225 e. The first-order valence-electron chi connectivity index (χ1n) is 8.30. The van der Waals surface area contributed by atoms with Crippen molar-refractivity contribution < 1.29 is 9.69 Å². The molecule has 1 aromatic carbocycles. The fourth-order valence-corrected chi connectivity index (χ4v) is 3.61. The maximum atomic E-state index is 12.2. The molecular weight excluding hydrogens is 356 g/mol. The number of carbonyl (C=O) groups excluding carboxylic acids is 1. The molecule has 2 heterocycles. The van der Waals surface area contributed by atoms with E-state index in [9.17, 15) is 4.79 Å². The number of quaternary nitrogens is 1. The Bertz CT molecular complexity index is 854. The molecule has 0 bridgehead atoms. The van der Waals surface area contributed by atoms with E-state index in [0.29, 0.717) is 11.4 Å². The predicted molar refractivity (Wildman–Crippen MR) is 103 cm³/mol. The third-order valence-electron chi connectivity index (χ3n) is 3.94. The summed E-state index contributed by atoms with van der Waals surface area (Å²) < 4.78 is 2.00. The molecule has 5 nitrogen and oxygen atoms in total. The molecular formula is C18H22ClN4OS+. The molecule has 0 saturated carbocycles. The molecule has 0 aliphatic rings. The Hall–Kier alpha value is -1.89. The highest BCUT2D eigenvalue weighted by Gasteiger charge is 2.12. The van der Waals surface area contributed by atoms with Crippen molar-refractivity contribution in [2.45, 2.75) is 12.8 Å². The van der Waals surface area contributed by atoms with E-state index in [-0.39, 0.29) is 5.91 Å². The summed E-state index contributed by atoms with van der Waals surface area (Å²) >= 11 is 7.49. The van der Waals surface area contributed by atoms with Gasteiger partial charge in [0.1, 0.15) is 0 Å². The first-order valence-corrected chi connectivity index (χ1v) is 9.56. The number of carbonyl (C=O) groups is 1. The molecule has 2 N–H and O–H groups in total. The van der Waals surface area contributed by atoms with Crippen LogP contribution < -0.4 is 10.2 Å². The number of hydrogen-bond acceptors (Lipinski definition) is 3. The number of amides is 1. The van der Waals surface area contributed by atoms with Crippen LogP contribution in [0.5, 0.6) is 0 Å². The summed E-state index contributed by atoms with van der Waals surface area (Å²) in [4.78, 5) is 19.1. The molecule has 3 rings (SSSR count). The Kier molecular flexibility index (Phi) is 5.73. The molecule has 25 heavy (non-hydrogen) atoms. The topological polar surface area (TPSA) is 50.8 Å². The highest BCUT2D eigenvalue weighted by atomic mass is 35.5. The van der Waals surface area contributed by atoms with Crippen LogP contribution in [0.2, 0.25) is 5.02 Å². The standard InChI is InChI=1S/C18H21ClN4OS/c1-22(2)9-3-8-20-17(24)10-15-12-25-18-21-16(11-23(15)18)13-4-6-14(19)7-5-13/h4-7,11-12H,3,8-10H2,1-2H3,(H,20,24)/p+1. The van der Waals surface area contributed by atoms with E-state index in [4.69, 9.17) is 11.6 Å². The lowest BCUT2D eigenvalue weighted by Gasteiger charge is -2.07. The van der Waals surface area contributed by atoms with Gasteiger partial charge in [-0.3, -0.25) is 9.20 Å². The third-order valence-corrected chi connectivity index (χ3v) is 5.08. The Morgan fingerprint density at radius 3 is 2.80 bits per heavy atom. The summed E-state index contributed by atoms with van der Waals surface area (Å²) in [6.07, 6.45) is 3.33. The normalized spacial score (nSPS) is 11.4. The molecule has 0 aliphatic carbocycles. The second kappa shape index (κ2) is 7.99. The van der Waals surface area contributed by atoms with Gasteiger partial charge in [0.2, 0.25) is 5.91 Å². The summed E-state index contributed by atoms with van der Waals surface area (Å²) in [6.45, 7) is 1.77. The molecule has 1 amide bonds. The highest BCUT2D eigenvalue weighted by Crippen LogP contribution is 2.25. The van der Waals surface area contributed by atoms with Crippen LogP contribution in [0.3, 0.4) is 0 Å². The van der Waals surface area contributed by atoms with Crippen molar-refractivity contribution in [1.29, 1.82) is 0 Å². The summed E-state index contributed by atoms with van der Waals surface area (Å²) in [7, 11) is 4.22. The van der Waals surface area contributed by atoms with Crippen molar-refractivity contribution in [3.63, 3.8) is 0 Å². The zero-order chi connectivity index (χ0) is 17.8. The lowest BCUT2D eigenvalue weighted by molar-refractivity contribution is -0.858. The quantitative estimate of drug-likeness (QED) is 0.618. The number of nitrogens with one attached hydrogen (secondary N) is 2. The molecule has 0 spiro atoms. The Morgan fingerprint density at radius 1 is 1.32 bits per heavy atom. The Labute approximate surface area is 156 Å². The van der Waals surface area contributed by atoms with Crippen molar-refractivity contribution >= 4 is 33.8 Å². The van der Waals surface area contributed by atoms with Gasteiger partial charge in [0, 0.05) is 40.8 Å². The van der Waals surface area contributed by atoms with E-state index in [1.54, 1.807) is 11.3 Å². The minimum absolute atomic E-state index is 0.0511. The van der Waals surface area contributed by atoms with E-state index < -0.39 is 0 Å². The third kappa shape index (κ3) is 4.60. The number of benzene rings is 1. The zero-order valence-corrected chi connectivity index (χ0v) is 16.0. The van der Waals surface area contributed by atoms with Gasteiger partial charge in [-0.05, 0) is 12.1 Å². The van der Waals surface area contributed by atoms with Gasteiger partial charge in [0.15, 0.2) is 4.96 Å². The van der Waals surface area contributed by atoms with Gasteiger partial charge in [-0.25, -0.2) is 4.98 Å². The van der Waals surface area contributed by atoms with Crippen LogP contribution >= 0.6 is 22.9 Å². The maximum Gasteiger partial charge on any atom is 0.225 e. The van der Waals surface area contributed by atoms with E-state index in [0.717, 1.165) is 41.4 Å². The monoisotopic (exact) mass is 377 g/mol. The van der Waals surface area contributed by atoms with Gasteiger partial charge < -0.3 is 10.2 Å². The number of aromatic nitrogens is 2. The number of imidazole rings is 1. The minimum Gasteiger partial charge on any atom is -0.356 e. The van der Waals surface area contributed by atoms with E-state index in [1.165, 1.54) is 4.90 Å². The van der Waals surface area contributed by atoms with E-state index >= 15 is 0 Å². The highest BCUT2D eigenvalue weighted by molar-refractivity contribution is 7.15. The van der Waals surface area contributed by atoms with Gasteiger partial charge in [0.05, 0.1) is 32.8 Å². The number of nitrogens with zero attached hydrogens (tertiary/aromatic N) is 2. The van der Waals surface area contributed by atoms with Crippen LogP contribution in [0.25, 0.3) is 16.2 Å². The van der Waals surface area contributed by atoms with Gasteiger partial charge in [-0.2, -0.15) is 0 Å².